The molecule has 2 aromatic rings. The lowest BCUT2D eigenvalue weighted by Gasteiger charge is -2.35. The zero-order chi connectivity index (χ0) is 20.9. The Morgan fingerprint density at radius 2 is 1.60 bits per heavy atom. The molecular formula is C23H28N4O3. The first kappa shape index (κ1) is 20.2. The van der Waals surface area contributed by atoms with Gasteiger partial charge in [0, 0.05) is 56.2 Å². The van der Waals surface area contributed by atoms with Gasteiger partial charge in [-0.2, -0.15) is 0 Å². The van der Waals surface area contributed by atoms with Gasteiger partial charge in [0.2, 0.25) is 11.8 Å². The lowest BCUT2D eigenvalue weighted by molar-refractivity contribution is -0.118. The van der Waals surface area contributed by atoms with Gasteiger partial charge in [-0.3, -0.25) is 14.5 Å². The fraction of sp³-hybridized carbons (Fsp3) is 0.391. The van der Waals surface area contributed by atoms with E-state index in [2.05, 4.69) is 27.2 Å². The summed E-state index contributed by atoms with van der Waals surface area (Å²) in [5.41, 5.74) is 2.83. The molecule has 1 N–H and O–H groups in total. The van der Waals surface area contributed by atoms with Gasteiger partial charge in [-0.25, -0.2) is 0 Å². The molecule has 4 rings (SSSR count). The second-order valence-electron chi connectivity index (χ2n) is 7.71. The molecular weight excluding hydrogens is 380 g/mol. The van der Waals surface area contributed by atoms with E-state index < -0.39 is 0 Å². The van der Waals surface area contributed by atoms with Crippen molar-refractivity contribution in [2.24, 2.45) is 0 Å². The fourth-order valence-corrected chi connectivity index (χ4v) is 4.01. The number of carbonyl (C=O) groups is 2. The minimum atomic E-state index is -0.0158. The van der Waals surface area contributed by atoms with E-state index in [1.54, 1.807) is 12.0 Å². The SMILES string of the molecule is COc1ccc(N2CCN(CC(=O)Nc3ccc(N4CCCC4=O)cc3)CC2)cc1. The highest BCUT2D eigenvalue weighted by Gasteiger charge is 2.22. The second kappa shape index (κ2) is 9.17. The fourth-order valence-electron chi connectivity index (χ4n) is 4.01. The number of methoxy groups -OCH3 is 1. The Morgan fingerprint density at radius 1 is 0.933 bits per heavy atom. The molecule has 158 valence electrons. The normalized spacial score (nSPS) is 17.3. The average Bonchev–Trinajstić information content (AvgIpc) is 3.21. The number of benzene rings is 2. The third kappa shape index (κ3) is 4.74. The molecule has 2 heterocycles. The Labute approximate surface area is 177 Å². The molecule has 0 saturated carbocycles. The predicted molar refractivity (Wildman–Crippen MR) is 118 cm³/mol. The van der Waals surface area contributed by atoms with Crippen molar-refractivity contribution in [3.05, 3.63) is 48.5 Å². The third-order valence-electron chi connectivity index (χ3n) is 5.71. The minimum absolute atomic E-state index is 0.0158. The topological polar surface area (TPSA) is 65.1 Å². The first-order valence-corrected chi connectivity index (χ1v) is 10.4. The van der Waals surface area contributed by atoms with Crippen LogP contribution >= 0.6 is 0 Å². The van der Waals surface area contributed by atoms with Crippen molar-refractivity contribution in [1.82, 2.24) is 4.90 Å². The number of nitrogens with zero attached hydrogens (tertiary/aromatic N) is 3. The molecule has 2 amide bonds. The van der Waals surface area contributed by atoms with Gasteiger partial charge in [0.25, 0.3) is 0 Å². The maximum Gasteiger partial charge on any atom is 0.238 e. The maximum atomic E-state index is 12.5. The Bertz CT molecular complexity index is 874. The van der Waals surface area contributed by atoms with Crippen LogP contribution in [0, 0.1) is 0 Å². The summed E-state index contributed by atoms with van der Waals surface area (Å²) in [7, 11) is 1.67. The summed E-state index contributed by atoms with van der Waals surface area (Å²) >= 11 is 0. The summed E-state index contributed by atoms with van der Waals surface area (Å²) in [6.07, 6.45) is 1.52. The number of amides is 2. The quantitative estimate of drug-likeness (QED) is 0.796. The summed E-state index contributed by atoms with van der Waals surface area (Å²) in [5, 5.41) is 2.96. The van der Waals surface area contributed by atoms with E-state index in [-0.39, 0.29) is 11.8 Å². The van der Waals surface area contributed by atoms with Gasteiger partial charge in [0.15, 0.2) is 0 Å². The maximum absolute atomic E-state index is 12.5. The van der Waals surface area contributed by atoms with E-state index >= 15 is 0 Å². The molecule has 30 heavy (non-hydrogen) atoms. The van der Waals surface area contributed by atoms with Gasteiger partial charge >= 0.3 is 0 Å². The van der Waals surface area contributed by atoms with Crippen molar-refractivity contribution < 1.29 is 14.3 Å². The Morgan fingerprint density at radius 3 is 2.20 bits per heavy atom. The molecule has 0 unspecified atom stereocenters. The molecule has 2 aliphatic heterocycles. The molecule has 2 saturated heterocycles. The van der Waals surface area contributed by atoms with Gasteiger partial charge in [-0.1, -0.05) is 0 Å². The number of anilines is 3. The molecule has 7 heteroatoms. The number of rotatable bonds is 6. The molecule has 7 nitrogen and oxygen atoms in total. The van der Waals surface area contributed by atoms with Crippen LogP contribution in [0.3, 0.4) is 0 Å². The van der Waals surface area contributed by atoms with Crippen LogP contribution in [0.2, 0.25) is 0 Å². The van der Waals surface area contributed by atoms with E-state index in [4.69, 9.17) is 4.74 Å². The lowest BCUT2D eigenvalue weighted by Crippen LogP contribution is -2.48. The molecule has 0 aromatic heterocycles. The Balaban J connectivity index is 1.24. The molecule has 0 radical (unpaired) electrons. The van der Waals surface area contributed by atoms with E-state index in [1.165, 1.54) is 5.69 Å². The molecule has 0 bridgehead atoms. The minimum Gasteiger partial charge on any atom is -0.497 e. The zero-order valence-corrected chi connectivity index (χ0v) is 17.3. The molecule has 2 aliphatic rings. The van der Waals surface area contributed by atoms with Crippen molar-refractivity contribution in [2.45, 2.75) is 12.8 Å². The number of hydrogen-bond acceptors (Lipinski definition) is 5. The Kier molecular flexibility index (Phi) is 6.18. The van der Waals surface area contributed by atoms with Gasteiger partial charge in [-0.15, -0.1) is 0 Å². The van der Waals surface area contributed by atoms with Crippen LogP contribution in [-0.2, 0) is 9.59 Å². The van der Waals surface area contributed by atoms with Gasteiger partial charge in [0.05, 0.1) is 13.7 Å². The smallest absolute Gasteiger partial charge is 0.238 e. The van der Waals surface area contributed by atoms with Gasteiger partial charge < -0.3 is 19.9 Å². The summed E-state index contributed by atoms with van der Waals surface area (Å²) in [6, 6.07) is 15.6. The third-order valence-corrected chi connectivity index (χ3v) is 5.71. The number of nitrogens with one attached hydrogen (secondary N) is 1. The molecule has 0 atom stereocenters. The van der Waals surface area contributed by atoms with Crippen LogP contribution in [0.15, 0.2) is 48.5 Å². The van der Waals surface area contributed by atoms with E-state index in [1.807, 2.05) is 36.4 Å². The van der Waals surface area contributed by atoms with Gasteiger partial charge in [0.1, 0.15) is 5.75 Å². The molecule has 0 aliphatic carbocycles. The average molecular weight is 409 g/mol. The van der Waals surface area contributed by atoms with Crippen molar-refractivity contribution in [1.29, 1.82) is 0 Å². The van der Waals surface area contributed by atoms with Crippen molar-refractivity contribution in [3.63, 3.8) is 0 Å². The van der Waals surface area contributed by atoms with Crippen LogP contribution in [-0.4, -0.2) is 63.1 Å². The molecule has 2 aromatic carbocycles. The number of hydrogen-bond donors (Lipinski definition) is 1. The van der Waals surface area contributed by atoms with Crippen molar-refractivity contribution >= 4 is 28.9 Å². The largest absolute Gasteiger partial charge is 0.497 e. The Hall–Kier alpha value is -3.06. The standard InChI is InChI=1S/C23H28N4O3/c1-30-21-10-8-19(9-11-21)26-15-13-25(14-16-26)17-22(28)24-18-4-6-20(7-5-18)27-12-2-3-23(27)29/h4-11H,2-3,12-17H2,1H3,(H,24,28). The van der Waals surface area contributed by atoms with Crippen LogP contribution in [0.1, 0.15) is 12.8 Å². The highest BCUT2D eigenvalue weighted by Crippen LogP contribution is 2.23. The number of piperazine rings is 1. The van der Waals surface area contributed by atoms with Crippen molar-refractivity contribution in [2.75, 3.05) is 61.5 Å². The van der Waals surface area contributed by atoms with Crippen LogP contribution in [0.4, 0.5) is 17.1 Å². The van der Waals surface area contributed by atoms with E-state index in [9.17, 15) is 9.59 Å². The van der Waals surface area contributed by atoms with E-state index in [0.29, 0.717) is 13.0 Å². The summed E-state index contributed by atoms with van der Waals surface area (Å²) in [4.78, 5) is 30.6. The first-order valence-electron chi connectivity index (χ1n) is 10.4. The zero-order valence-electron chi connectivity index (χ0n) is 17.3. The van der Waals surface area contributed by atoms with Crippen LogP contribution in [0.25, 0.3) is 0 Å². The monoisotopic (exact) mass is 408 g/mol. The highest BCUT2D eigenvalue weighted by molar-refractivity contribution is 5.96. The lowest BCUT2D eigenvalue weighted by atomic mass is 10.2. The van der Waals surface area contributed by atoms with Crippen LogP contribution in [0.5, 0.6) is 5.75 Å². The number of ether oxygens (including phenoxy) is 1. The summed E-state index contributed by atoms with van der Waals surface area (Å²) < 4.78 is 5.21. The second-order valence-corrected chi connectivity index (χ2v) is 7.71. The van der Waals surface area contributed by atoms with Crippen molar-refractivity contribution in [3.8, 4) is 5.75 Å². The van der Waals surface area contributed by atoms with E-state index in [0.717, 1.165) is 56.3 Å². The highest BCUT2D eigenvalue weighted by atomic mass is 16.5. The van der Waals surface area contributed by atoms with Gasteiger partial charge in [-0.05, 0) is 55.0 Å². The summed E-state index contributed by atoms with van der Waals surface area (Å²) in [6.45, 7) is 4.61. The molecule has 2 fully saturated rings. The number of carbonyl (C=O) groups excluding carboxylic acids is 2. The first-order chi connectivity index (χ1) is 14.6. The predicted octanol–water partition coefficient (Wildman–Crippen LogP) is 2.58. The molecule has 0 spiro atoms. The van der Waals surface area contributed by atoms with Crippen LogP contribution < -0.4 is 19.9 Å². The summed E-state index contributed by atoms with van der Waals surface area (Å²) in [5.74, 6) is 1.01.